The largest absolute Gasteiger partial charge is 0.439 e. The fourth-order valence-corrected chi connectivity index (χ4v) is 4.43. The van der Waals surface area contributed by atoms with Gasteiger partial charge in [-0.3, -0.25) is 9.69 Å². The van der Waals surface area contributed by atoms with Crippen LogP contribution in [0, 0.1) is 5.82 Å². The first-order chi connectivity index (χ1) is 16.4. The summed E-state index contributed by atoms with van der Waals surface area (Å²) in [4.78, 5) is 25.6. The van der Waals surface area contributed by atoms with Gasteiger partial charge in [-0.2, -0.15) is 0 Å². The van der Waals surface area contributed by atoms with Gasteiger partial charge in [0.25, 0.3) is 0 Å². The van der Waals surface area contributed by atoms with Crippen LogP contribution < -0.4 is 15.0 Å². The third-order valence-electron chi connectivity index (χ3n) is 6.66. The highest BCUT2D eigenvalue weighted by molar-refractivity contribution is 6.05. The Morgan fingerprint density at radius 2 is 1.79 bits per heavy atom. The summed E-state index contributed by atoms with van der Waals surface area (Å²) in [5.41, 5.74) is 2.29. The second-order valence-corrected chi connectivity index (χ2v) is 9.31. The Hall–Kier alpha value is -3.52. The highest BCUT2D eigenvalue weighted by atomic mass is 19.1. The first-order valence-corrected chi connectivity index (χ1v) is 11.6. The number of aromatic nitrogens is 2. The molecule has 1 saturated heterocycles. The normalized spacial score (nSPS) is 17.4. The number of nitrogens with zero attached hydrogens (tertiary/aromatic N) is 4. The third kappa shape index (κ3) is 4.59. The smallest absolute Gasteiger partial charge is 0.234 e. The number of carbonyl (C=O) groups is 1. The molecule has 2 aromatic carbocycles. The predicted octanol–water partition coefficient (Wildman–Crippen LogP) is 4.00. The number of anilines is 2. The van der Waals surface area contributed by atoms with Crippen molar-refractivity contribution in [1.82, 2.24) is 14.9 Å². The van der Waals surface area contributed by atoms with Crippen LogP contribution in [0.2, 0.25) is 0 Å². The van der Waals surface area contributed by atoms with Crippen molar-refractivity contribution < 1.29 is 13.9 Å². The zero-order valence-corrected chi connectivity index (χ0v) is 19.4. The van der Waals surface area contributed by atoms with E-state index in [1.807, 2.05) is 50.2 Å². The minimum Gasteiger partial charge on any atom is -0.439 e. The Kier molecular flexibility index (Phi) is 5.91. The van der Waals surface area contributed by atoms with Crippen molar-refractivity contribution in [3.05, 3.63) is 71.8 Å². The van der Waals surface area contributed by atoms with Crippen LogP contribution >= 0.6 is 0 Å². The van der Waals surface area contributed by atoms with Crippen LogP contribution in [-0.4, -0.2) is 53.5 Å². The summed E-state index contributed by atoms with van der Waals surface area (Å²) in [6.07, 6.45) is 2.43. The number of rotatable bonds is 6. The lowest BCUT2D eigenvalue weighted by Gasteiger charge is -2.35. The number of hydrogen-bond donors (Lipinski definition) is 1. The standard InChI is InChI=1S/C26H28FN5O2/c1-26(2)21-15-20(7-8-22(21)30-25(26)33)34-24-16-23(28-17-29-24)32-13-11-31(12-14-32)10-9-18-3-5-19(27)6-4-18/h3-8,15-17H,9-14H2,1-2H3,(H,30,33). The average molecular weight is 462 g/mol. The molecule has 34 heavy (non-hydrogen) atoms. The maximum atomic E-state index is 13.1. The molecule has 7 nitrogen and oxygen atoms in total. The van der Waals surface area contributed by atoms with Crippen molar-refractivity contribution in [3.8, 4) is 11.6 Å². The maximum Gasteiger partial charge on any atom is 0.234 e. The van der Waals surface area contributed by atoms with Crippen molar-refractivity contribution in [2.75, 3.05) is 42.9 Å². The number of carbonyl (C=O) groups excluding carboxylic acids is 1. The summed E-state index contributed by atoms with van der Waals surface area (Å²) in [5, 5.41) is 2.91. The molecule has 1 N–H and O–H groups in total. The molecule has 0 radical (unpaired) electrons. The molecule has 0 spiro atoms. The van der Waals surface area contributed by atoms with Crippen molar-refractivity contribution >= 4 is 17.4 Å². The van der Waals surface area contributed by atoms with E-state index in [-0.39, 0.29) is 11.7 Å². The van der Waals surface area contributed by atoms with Crippen molar-refractivity contribution in [2.24, 2.45) is 0 Å². The number of benzene rings is 2. The highest BCUT2D eigenvalue weighted by Gasteiger charge is 2.38. The van der Waals surface area contributed by atoms with Gasteiger partial charge >= 0.3 is 0 Å². The van der Waals surface area contributed by atoms with Crippen molar-refractivity contribution in [1.29, 1.82) is 0 Å². The molecule has 1 aromatic heterocycles. The average Bonchev–Trinajstić information content (AvgIpc) is 3.07. The van der Waals surface area contributed by atoms with Gasteiger partial charge < -0.3 is 15.0 Å². The first-order valence-electron chi connectivity index (χ1n) is 11.6. The summed E-state index contributed by atoms with van der Waals surface area (Å²) >= 11 is 0. The predicted molar refractivity (Wildman–Crippen MR) is 129 cm³/mol. The van der Waals surface area contributed by atoms with E-state index in [1.54, 1.807) is 0 Å². The van der Waals surface area contributed by atoms with Gasteiger partial charge in [0, 0.05) is 44.5 Å². The van der Waals surface area contributed by atoms with Gasteiger partial charge in [-0.15, -0.1) is 0 Å². The Balaban J connectivity index is 1.19. The van der Waals surface area contributed by atoms with Crippen LogP contribution in [0.3, 0.4) is 0 Å². The number of amides is 1. The van der Waals surface area contributed by atoms with Gasteiger partial charge in [0.2, 0.25) is 11.8 Å². The van der Waals surface area contributed by atoms with Crippen LogP contribution in [0.5, 0.6) is 11.6 Å². The van der Waals surface area contributed by atoms with Crippen molar-refractivity contribution in [3.63, 3.8) is 0 Å². The first kappa shape index (κ1) is 22.3. The molecule has 1 fully saturated rings. The fourth-order valence-electron chi connectivity index (χ4n) is 4.43. The second-order valence-electron chi connectivity index (χ2n) is 9.31. The molecule has 2 aliphatic rings. The van der Waals surface area contributed by atoms with E-state index in [4.69, 9.17) is 4.74 Å². The monoisotopic (exact) mass is 461 g/mol. The highest BCUT2D eigenvalue weighted by Crippen LogP contribution is 2.40. The van der Waals surface area contributed by atoms with Gasteiger partial charge in [0.05, 0.1) is 5.41 Å². The summed E-state index contributed by atoms with van der Waals surface area (Å²) in [5.74, 6) is 1.73. The maximum absolute atomic E-state index is 13.1. The van der Waals surface area contributed by atoms with E-state index < -0.39 is 5.41 Å². The van der Waals surface area contributed by atoms with E-state index >= 15 is 0 Å². The lowest BCUT2D eigenvalue weighted by Crippen LogP contribution is -2.47. The van der Waals surface area contributed by atoms with E-state index in [9.17, 15) is 9.18 Å². The molecule has 0 unspecified atom stereocenters. The fraction of sp³-hybridized carbons (Fsp3) is 0.346. The number of piperazine rings is 1. The molecule has 5 rings (SSSR count). The number of halogens is 1. The topological polar surface area (TPSA) is 70.6 Å². The Morgan fingerprint density at radius 3 is 2.56 bits per heavy atom. The van der Waals surface area contributed by atoms with Crippen LogP contribution in [0.25, 0.3) is 0 Å². The van der Waals surface area contributed by atoms with E-state index in [1.165, 1.54) is 18.5 Å². The molecule has 0 aliphatic carbocycles. The Morgan fingerprint density at radius 1 is 1.03 bits per heavy atom. The molecule has 8 heteroatoms. The van der Waals surface area contributed by atoms with Gasteiger partial charge in [0.1, 0.15) is 23.7 Å². The molecule has 0 atom stereocenters. The zero-order valence-electron chi connectivity index (χ0n) is 19.4. The quantitative estimate of drug-likeness (QED) is 0.598. The van der Waals surface area contributed by atoms with Crippen LogP contribution in [0.15, 0.2) is 54.9 Å². The van der Waals surface area contributed by atoms with Crippen LogP contribution in [-0.2, 0) is 16.6 Å². The minimum atomic E-state index is -0.595. The SMILES string of the molecule is CC1(C)C(=O)Nc2ccc(Oc3cc(N4CCN(CCc5ccc(F)cc5)CC4)ncn3)cc21. The van der Waals surface area contributed by atoms with Gasteiger partial charge in [-0.05, 0) is 61.7 Å². The molecule has 0 bridgehead atoms. The molecular formula is C26H28FN5O2. The van der Waals surface area contributed by atoms with E-state index in [0.717, 1.165) is 61.8 Å². The van der Waals surface area contributed by atoms with Gasteiger partial charge in [-0.25, -0.2) is 14.4 Å². The second kappa shape index (κ2) is 9.02. The number of hydrogen-bond acceptors (Lipinski definition) is 6. The van der Waals surface area contributed by atoms with Gasteiger partial charge in [-0.1, -0.05) is 12.1 Å². The summed E-state index contributed by atoms with van der Waals surface area (Å²) < 4.78 is 19.1. The number of ether oxygens (including phenoxy) is 1. The van der Waals surface area contributed by atoms with Crippen LogP contribution in [0.4, 0.5) is 15.9 Å². The van der Waals surface area contributed by atoms with Crippen LogP contribution in [0.1, 0.15) is 25.0 Å². The van der Waals surface area contributed by atoms with Gasteiger partial charge in [0.15, 0.2) is 0 Å². The number of fused-ring (bicyclic) bond motifs is 1. The molecule has 176 valence electrons. The van der Waals surface area contributed by atoms with E-state index in [0.29, 0.717) is 11.6 Å². The molecule has 3 heterocycles. The van der Waals surface area contributed by atoms with Crippen molar-refractivity contribution in [2.45, 2.75) is 25.7 Å². The minimum absolute atomic E-state index is 0.0132. The molecular weight excluding hydrogens is 433 g/mol. The molecule has 1 amide bonds. The third-order valence-corrected chi connectivity index (χ3v) is 6.66. The lowest BCUT2D eigenvalue weighted by atomic mass is 9.86. The summed E-state index contributed by atoms with van der Waals surface area (Å²) in [7, 11) is 0. The summed E-state index contributed by atoms with van der Waals surface area (Å²) in [6.45, 7) is 8.34. The Labute approximate surface area is 198 Å². The molecule has 2 aliphatic heterocycles. The molecule has 3 aromatic rings. The summed E-state index contributed by atoms with van der Waals surface area (Å²) in [6, 6.07) is 14.2. The Bertz CT molecular complexity index is 1190. The molecule has 0 saturated carbocycles. The van der Waals surface area contributed by atoms with E-state index in [2.05, 4.69) is 25.1 Å². The zero-order chi connectivity index (χ0) is 23.7. The number of nitrogens with one attached hydrogen (secondary N) is 1. The lowest BCUT2D eigenvalue weighted by molar-refractivity contribution is -0.119.